The van der Waals surface area contributed by atoms with Gasteiger partial charge in [0.05, 0.1) is 10.6 Å². The fourth-order valence-electron chi connectivity index (χ4n) is 3.94. The lowest BCUT2D eigenvalue weighted by atomic mass is 9.91. The molecule has 1 saturated heterocycles. The molecule has 3 aromatic rings. The Morgan fingerprint density at radius 2 is 1.84 bits per heavy atom. The van der Waals surface area contributed by atoms with Crippen molar-refractivity contribution in [1.82, 2.24) is 14.8 Å². The van der Waals surface area contributed by atoms with Gasteiger partial charge in [0.1, 0.15) is 28.5 Å². The summed E-state index contributed by atoms with van der Waals surface area (Å²) in [6.45, 7) is 4.44. The van der Waals surface area contributed by atoms with Crippen molar-refractivity contribution >= 4 is 28.8 Å². The molecule has 0 saturated carbocycles. The second-order valence-corrected chi connectivity index (χ2v) is 9.20. The number of aryl methyl sites for hydroxylation is 2. The third-order valence-corrected chi connectivity index (χ3v) is 6.79. The minimum absolute atomic E-state index is 0.322. The van der Waals surface area contributed by atoms with Crippen LogP contribution < -0.4 is 0 Å². The molecule has 0 aliphatic carbocycles. The molecule has 7 nitrogen and oxygen atoms in total. The average Bonchev–Trinajstić information content (AvgIpc) is 3.44. The lowest BCUT2D eigenvalue weighted by Crippen LogP contribution is -2.36. The first-order valence-corrected chi connectivity index (χ1v) is 11.2. The number of carbonyl (C=O) groups is 3. The Kier molecular flexibility index (Phi) is 6.08. The van der Waals surface area contributed by atoms with Gasteiger partial charge in [0, 0.05) is 18.7 Å². The van der Waals surface area contributed by atoms with E-state index in [9.17, 15) is 14.4 Å². The van der Waals surface area contributed by atoms with E-state index in [-0.39, 0.29) is 5.78 Å². The molecule has 1 aliphatic rings. The van der Waals surface area contributed by atoms with Gasteiger partial charge in [-0.3, -0.25) is 14.4 Å². The number of aromatic nitrogens is 1. The number of hydrogen-bond donors (Lipinski definition) is 0. The maximum Gasteiger partial charge on any atom is 0.291 e. The summed E-state index contributed by atoms with van der Waals surface area (Å²) in [5, 5.41) is 0.707. The zero-order valence-electron chi connectivity index (χ0n) is 18.5. The Hall–Kier alpha value is -3.10. The number of furan rings is 1. The number of amides is 1. The van der Waals surface area contributed by atoms with Crippen molar-refractivity contribution in [2.24, 2.45) is 5.92 Å². The van der Waals surface area contributed by atoms with E-state index in [4.69, 9.17) is 4.42 Å². The van der Waals surface area contributed by atoms with Crippen LogP contribution in [-0.2, 0) is 9.59 Å². The molecule has 2 unspecified atom stereocenters. The molecule has 1 aromatic carbocycles. The molecule has 2 aromatic heterocycles. The predicted molar refractivity (Wildman–Crippen MR) is 122 cm³/mol. The van der Waals surface area contributed by atoms with Crippen LogP contribution in [0, 0.1) is 19.8 Å². The number of hydrogen-bond acceptors (Lipinski definition) is 7. The van der Waals surface area contributed by atoms with E-state index in [1.165, 1.54) is 16.2 Å². The van der Waals surface area contributed by atoms with Gasteiger partial charge in [-0.15, -0.1) is 11.3 Å². The second kappa shape index (κ2) is 8.80. The van der Waals surface area contributed by atoms with Gasteiger partial charge in [-0.05, 0) is 40.1 Å². The van der Waals surface area contributed by atoms with Gasteiger partial charge in [0.25, 0.3) is 5.91 Å². The van der Waals surface area contributed by atoms with Crippen molar-refractivity contribution in [1.29, 1.82) is 0 Å². The third kappa shape index (κ3) is 4.03. The largest absolute Gasteiger partial charge is 0.464 e. The third-order valence-electron chi connectivity index (χ3n) is 5.57. The lowest BCUT2D eigenvalue weighted by molar-refractivity contribution is -0.140. The number of carbonyl (C=O) groups excluding carboxylic acids is 3. The van der Waals surface area contributed by atoms with Gasteiger partial charge in [-0.25, -0.2) is 4.98 Å². The summed E-state index contributed by atoms with van der Waals surface area (Å²) in [6.07, 6.45) is 0. The van der Waals surface area contributed by atoms with Crippen LogP contribution in [0.1, 0.15) is 32.9 Å². The Labute approximate surface area is 190 Å². The highest BCUT2D eigenvalue weighted by Gasteiger charge is 2.53. The van der Waals surface area contributed by atoms with E-state index in [1.807, 2.05) is 49.3 Å². The van der Waals surface area contributed by atoms with E-state index in [1.54, 1.807) is 26.0 Å². The van der Waals surface area contributed by atoms with Crippen molar-refractivity contribution in [3.8, 4) is 10.6 Å². The van der Waals surface area contributed by atoms with E-state index in [2.05, 4.69) is 4.98 Å². The molecular weight excluding hydrogens is 426 g/mol. The first-order valence-electron chi connectivity index (χ1n) is 10.4. The van der Waals surface area contributed by atoms with E-state index >= 15 is 0 Å². The summed E-state index contributed by atoms with van der Waals surface area (Å²) in [5.41, 5.74) is 1.46. The van der Waals surface area contributed by atoms with Gasteiger partial charge in [0.15, 0.2) is 5.78 Å². The highest BCUT2D eigenvalue weighted by Crippen LogP contribution is 2.40. The summed E-state index contributed by atoms with van der Waals surface area (Å²) in [6, 6.07) is 12.3. The zero-order valence-corrected chi connectivity index (χ0v) is 19.3. The fourth-order valence-corrected chi connectivity index (χ4v) is 4.99. The topological polar surface area (TPSA) is 83.7 Å². The van der Waals surface area contributed by atoms with Gasteiger partial charge < -0.3 is 14.2 Å². The van der Waals surface area contributed by atoms with Crippen molar-refractivity contribution in [2.45, 2.75) is 19.9 Å². The monoisotopic (exact) mass is 451 g/mol. The molecule has 1 fully saturated rings. The predicted octanol–water partition coefficient (Wildman–Crippen LogP) is 3.53. The highest BCUT2D eigenvalue weighted by molar-refractivity contribution is 7.17. The molecule has 1 amide bonds. The van der Waals surface area contributed by atoms with Gasteiger partial charge in [-0.1, -0.05) is 30.3 Å². The van der Waals surface area contributed by atoms with Gasteiger partial charge in [-0.2, -0.15) is 0 Å². The van der Waals surface area contributed by atoms with E-state index in [0.29, 0.717) is 40.2 Å². The lowest BCUT2D eigenvalue weighted by Gasteiger charge is -2.26. The molecule has 8 heteroatoms. The molecular formula is C24H25N3O4S. The molecule has 0 spiro atoms. The van der Waals surface area contributed by atoms with Crippen molar-refractivity contribution in [3.63, 3.8) is 0 Å². The van der Waals surface area contributed by atoms with Gasteiger partial charge >= 0.3 is 0 Å². The molecule has 166 valence electrons. The second-order valence-electron chi connectivity index (χ2n) is 8.20. The number of likely N-dealkylation sites (tertiary alicyclic amines) is 1. The number of thiazole rings is 1. The SMILES string of the molecule is Cc1ccc(C2C(C(=O)c3sc(-c4ccccc4)nc3C)C(=O)C(=O)N2CCN(C)C)o1. The number of ketones is 2. The summed E-state index contributed by atoms with van der Waals surface area (Å²) in [4.78, 5) is 48.0. The molecule has 0 N–H and O–H groups in total. The maximum atomic E-state index is 13.7. The van der Waals surface area contributed by atoms with Crippen LogP contribution in [0.5, 0.6) is 0 Å². The van der Waals surface area contributed by atoms with Crippen molar-refractivity contribution in [3.05, 3.63) is 64.6 Å². The van der Waals surface area contributed by atoms with Crippen LogP contribution in [0.3, 0.4) is 0 Å². The Morgan fingerprint density at radius 3 is 2.47 bits per heavy atom. The van der Waals surface area contributed by atoms with Crippen LogP contribution in [0.4, 0.5) is 0 Å². The number of likely N-dealkylation sites (N-methyl/N-ethyl adjacent to an activating group) is 1. The Morgan fingerprint density at radius 1 is 1.12 bits per heavy atom. The average molecular weight is 452 g/mol. The summed E-state index contributed by atoms with van der Waals surface area (Å²) >= 11 is 1.25. The Balaban J connectivity index is 1.73. The van der Waals surface area contributed by atoms with Crippen molar-refractivity contribution < 1.29 is 18.8 Å². The molecule has 32 heavy (non-hydrogen) atoms. The Bertz CT molecular complexity index is 1170. The summed E-state index contributed by atoms with van der Waals surface area (Å²) < 4.78 is 5.80. The van der Waals surface area contributed by atoms with Crippen LogP contribution in [0.2, 0.25) is 0 Å². The van der Waals surface area contributed by atoms with E-state index in [0.717, 1.165) is 5.56 Å². The van der Waals surface area contributed by atoms with Crippen LogP contribution in [0.25, 0.3) is 10.6 Å². The maximum absolute atomic E-state index is 13.7. The first kappa shape index (κ1) is 22.1. The number of benzene rings is 1. The normalized spacial score (nSPS) is 18.7. The number of Topliss-reactive ketones (excluding diaryl/α,β-unsaturated/α-hetero) is 2. The molecule has 0 bridgehead atoms. The molecule has 4 rings (SSSR count). The quantitative estimate of drug-likeness (QED) is 0.310. The number of nitrogens with zero attached hydrogens (tertiary/aromatic N) is 3. The van der Waals surface area contributed by atoms with Crippen molar-refractivity contribution in [2.75, 3.05) is 27.2 Å². The summed E-state index contributed by atoms with van der Waals surface area (Å²) in [7, 11) is 3.78. The van der Waals surface area contributed by atoms with E-state index < -0.39 is 23.7 Å². The first-order chi connectivity index (χ1) is 15.3. The van der Waals surface area contributed by atoms with Crippen LogP contribution in [0.15, 0.2) is 46.9 Å². The molecule has 1 aliphatic heterocycles. The van der Waals surface area contributed by atoms with Crippen LogP contribution in [-0.4, -0.2) is 59.4 Å². The zero-order chi connectivity index (χ0) is 23.0. The summed E-state index contributed by atoms with van der Waals surface area (Å²) in [5.74, 6) is -1.77. The minimum Gasteiger partial charge on any atom is -0.464 e. The molecule has 0 radical (unpaired) electrons. The smallest absolute Gasteiger partial charge is 0.291 e. The van der Waals surface area contributed by atoms with Gasteiger partial charge in [0.2, 0.25) is 5.78 Å². The molecule has 2 atom stereocenters. The highest BCUT2D eigenvalue weighted by atomic mass is 32.1. The fraction of sp³-hybridized carbons (Fsp3) is 0.333. The standard InChI is InChI=1S/C24H25N3O4S/c1-14-10-11-17(31-14)19-18(21(29)24(30)27(19)13-12-26(3)4)20(28)22-15(2)25-23(32-22)16-8-6-5-7-9-16/h5-11,18-19H,12-13H2,1-4H3. The number of rotatable bonds is 7. The minimum atomic E-state index is -1.15. The molecule has 3 heterocycles. The van der Waals surface area contributed by atoms with Crippen LogP contribution >= 0.6 is 11.3 Å².